The van der Waals surface area contributed by atoms with Gasteiger partial charge in [0.05, 0.1) is 0 Å². The molecule has 0 nitrogen and oxygen atoms in total. The summed E-state index contributed by atoms with van der Waals surface area (Å²) in [6, 6.07) is 23.1. The lowest BCUT2D eigenvalue weighted by Gasteiger charge is -2.28. The standard InChI is InChI=1S/C26H16Si/c1-2-8-21-22-15-17-14-18(17)16-26(22)27(25(21)11-3-1)23-12-6-4-9-19(23)20-10-5-7-13-24(20)27/h2-13,15-16H,1H2. The highest BCUT2D eigenvalue weighted by molar-refractivity contribution is 7.20. The number of hydrogen-bond donors (Lipinski definition) is 0. The maximum Gasteiger partial charge on any atom is 0.182 e. The van der Waals surface area contributed by atoms with E-state index in [1.807, 2.05) is 0 Å². The minimum Gasteiger partial charge on any atom is -0.102 e. The van der Waals surface area contributed by atoms with Crippen molar-refractivity contribution in [1.82, 2.24) is 0 Å². The van der Waals surface area contributed by atoms with Crippen LogP contribution in [0.5, 0.6) is 0 Å². The molecule has 0 unspecified atom stereocenters. The molecular formula is C26H16Si. The first-order chi connectivity index (χ1) is 13.4. The predicted molar refractivity (Wildman–Crippen MR) is 115 cm³/mol. The summed E-state index contributed by atoms with van der Waals surface area (Å²) in [6.45, 7) is 0. The molecule has 2 heterocycles. The molecule has 2 aliphatic heterocycles. The summed E-state index contributed by atoms with van der Waals surface area (Å²) in [5.41, 5.74) is 9.20. The van der Waals surface area contributed by atoms with Crippen molar-refractivity contribution in [2.24, 2.45) is 0 Å². The second kappa shape index (κ2) is 4.58. The summed E-state index contributed by atoms with van der Waals surface area (Å²) in [4.78, 5) is 0. The lowest BCUT2D eigenvalue weighted by atomic mass is 10.1. The molecule has 0 saturated carbocycles. The van der Waals surface area contributed by atoms with Crippen LogP contribution in [-0.2, 0) is 0 Å². The van der Waals surface area contributed by atoms with E-state index in [-0.39, 0.29) is 0 Å². The Labute approximate surface area is 158 Å². The van der Waals surface area contributed by atoms with Gasteiger partial charge < -0.3 is 0 Å². The maximum atomic E-state index is 3.46. The largest absolute Gasteiger partial charge is 0.182 e. The van der Waals surface area contributed by atoms with Crippen LogP contribution in [-0.4, -0.2) is 8.07 Å². The molecule has 0 saturated heterocycles. The number of allylic oxidation sites excluding steroid dienone is 6. The first kappa shape index (κ1) is 14.0. The molecule has 3 aromatic carbocycles. The van der Waals surface area contributed by atoms with Crippen LogP contribution in [0.25, 0.3) is 22.4 Å². The fourth-order valence-corrected chi connectivity index (χ4v) is 11.1. The van der Waals surface area contributed by atoms with Gasteiger partial charge in [0.15, 0.2) is 8.07 Å². The minimum absolute atomic E-state index is 1.01. The van der Waals surface area contributed by atoms with Crippen molar-refractivity contribution in [3.05, 3.63) is 106 Å². The van der Waals surface area contributed by atoms with Gasteiger partial charge in [0.1, 0.15) is 0 Å². The Kier molecular flexibility index (Phi) is 2.38. The Morgan fingerprint density at radius 1 is 0.667 bits per heavy atom. The molecule has 3 aromatic rings. The second-order valence-corrected chi connectivity index (χ2v) is 11.4. The lowest BCUT2D eigenvalue weighted by molar-refractivity contribution is 1.40. The van der Waals surface area contributed by atoms with Gasteiger partial charge in [-0.1, -0.05) is 72.8 Å². The van der Waals surface area contributed by atoms with Gasteiger partial charge in [0.2, 0.25) is 0 Å². The predicted octanol–water partition coefficient (Wildman–Crippen LogP) is 2.02. The number of rotatable bonds is 0. The van der Waals surface area contributed by atoms with Crippen molar-refractivity contribution < 1.29 is 0 Å². The molecule has 2 aliphatic carbocycles. The van der Waals surface area contributed by atoms with E-state index < -0.39 is 8.07 Å². The summed E-state index contributed by atoms with van der Waals surface area (Å²) >= 11 is 0. The summed E-state index contributed by atoms with van der Waals surface area (Å²) in [6.07, 6.45) is 10.5. The van der Waals surface area contributed by atoms with Crippen molar-refractivity contribution in [2.45, 2.75) is 6.42 Å². The van der Waals surface area contributed by atoms with Crippen LogP contribution in [0.3, 0.4) is 0 Å². The minimum atomic E-state index is -2.22. The van der Waals surface area contributed by atoms with Crippen molar-refractivity contribution in [2.75, 3.05) is 0 Å². The van der Waals surface area contributed by atoms with Gasteiger partial charge in [0, 0.05) is 10.4 Å². The summed E-state index contributed by atoms with van der Waals surface area (Å²) < 4.78 is 0. The van der Waals surface area contributed by atoms with Crippen molar-refractivity contribution >= 4 is 34.9 Å². The molecule has 0 atom stereocenters. The highest BCUT2D eigenvalue weighted by atomic mass is 28.3. The monoisotopic (exact) mass is 356 g/mol. The van der Waals surface area contributed by atoms with Crippen LogP contribution in [0.2, 0.25) is 0 Å². The zero-order chi connectivity index (χ0) is 17.6. The number of fused-ring (bicyclic) bond motifs is 10. The van der Waals surface area contributed by atoms with E-state index in [1.54, 1.807) is 20.8 Å². The molecule has 27 heavy (non-hydrogen) atoms. The Bertz CT molecular complexity index is 1380. The fourth-order valence-electron chi connectivity index (χ4n) is 5.47. The van der Waals surface area contributed by atoms with Crippen LogP contribution < -0.4 is 26.0 Å². The van der Waals surface area contributed by atoms with Crippen LogP contribution in [0.4, 0.5) is 0 Å². The molecule has 4 aliphatic rings. The summed E-state index contributed by atoms with van der Waals surface area (Å²) in [5.74, 6) is 0. The van der Waals surface area contributed by atoms with E-state index in [0.29, 0.717) is 0 Å². The van der Waals surface area contributed by atoms with Crippen LogP contribution in [0, 0.1) is 0 Å². The van der Waals surface area contributed by atoms with Gasteiger partial charge in [0.25, 0.3) is 0 Å². The van der Waals surface area contributed by atoms with Crippen molar-refractivity contribution in [1.29, 1.82) is 0 Å². The molecule has 0 fully saturated rings. The molecular weight excluding hydrogens is 340 g/mol. The SMILES string of the molecule is C1=c2cc3c(cc2=1)[Si]1(C2=C3C=CCC=C2)c2ccccc2-c2ccccc21. The Balaban J connectivity index is 1.73. The summed E-state index contributed by atoms with van der Waals surface area (Å²) in [7, 11) is -2.22. The van der Waals surface area contributed by atoms with Crippen LogP contribution in [0.15, 0.2) is 90.2 Å². The van der Waals surface area contributed by atoms with E-state index in [9.17, 15) is 0 Å². The smallest absolute Gasteiger partial charge is 0.102 e. The number of hydrogen-bond acceptors (Lipinski definition) is 0. The third-order valence-electron chi connectivity index (χ3n) is 6.55. The van der Waals surface area contributed by atoms with Gasteiger partial charge in [-0.25, -0.2) is 0 Å². The molecule has 1 heteroatoms. The van der Waals surface area contributed by atoms with E-state index in [0.717, 1.165) is 6.42 Å². The Morgan fingerprint density at radius 3 is 2.11 bits per heavy atom. The quantitative estimate of drug-likeness (QED) is 0.423. The Hall–Kier alpha value is -3.12. The van der Waals surface area contributed by atoms with Gasteiger partial charge in [-0.3, -0.25) is 0 Å². The van der Waals surface area contributed by atoms with Gasteiger partial charge in [-0.15, -0.1) is 5.73 Å². The normalized spacial score (nSPS) is 18.1. The fraction of sp³-hybridized carbons (Fsp3) is 0.0385. The lowest BCUT2D eigenvalue weighted by Crippen LogP contribution is -2.65. The zero-order valence-corrected chi connectivity index (χ0v) is 15.8. The molecule has 0 bridgehead atoms. The van der Waals surface area contributed by atoms with E-state index in [2.05, 4.69) is 90.7 Å². The van der Waals surface area contributed by atoms with E-state index in [1.165, 1.54) is 32.7 Å². The van der Waals surface area contributed by atoms with Gasteiger partial charge in [-0.05, 0) is 61.6 Å². The Morgan fingerprint density at radius 2 is 1.33 bits per heavy atom. The molecule has 7 rings (SSSR count). The third-order valence-corrected chi connectivity index (χ3v) is 11.5. The first-order valence-corrected chi connectivity index (χ1v) is 11.6. The highest BCUT2D eigenvalue weighted by Gasteiger charge is 2.54. The van der Waals surface area contributed by atoms with E-state index >= 15 is 0 Å². The maximum absolute atomic E-state index is 3.46. The first-order valence-electron chi connectivity index (χ1n) is 9.62. The average Bonchev–Trinajstić information content (AvgIpc) is 3.42. The molecule has 0 amide bonds. The molecule has 0 radical (unpaired) electrons. The van der Waals surface area contributed by atoms with Crippen LogP contribution in [0.1, 0.15) is 12.0 Å². The summed E-state index contributed by atoms with van der Waals surface area (Å²) in [5, 5.41) is 8.84. The highest BCUT2D eigenvalue weighted by Crippen LogP contribution is 2.41. The topological polar surface area (TPSA) is 0 Å². The van der Waals surface area contributed by atoms with Gasteiger partial charge >= 0.3 is 0 Å². The van der Waals surface area contributed by atoms with Crippen LogP contribution >= 0.6 is 0 Å². The second-order valence-electron chi connectivity index (χ2n) is 7.78. The van der Waals surface area contributed by atoms with Crippen molar-refractivity contribution in [3.63, 3.8) is 0 Å². The molecule has 0 aromatic heterocycles. The average molecular weight is 357 g/mol. The zero-order valence-electron chi connectivity index (χ0n) is 14.8. The van der Waals surface area contributed by atoms with Gasteiger partial charge in [-0.2, -0.15) is 0 Å². The number of benzene rings is 3. The van der Waals surface area contributed by atoms with E-state index in [4.69, 9.17) is 0 Å². The molecule has 1 spiro atoms. The molecule has 124 valence electrons. The third kappa shape index (κ3) is 1.52. The van der Waals surface area contributed by atoms with Crippen molar-refractivity contribution in [3.8, 4) is 11.1 Å². The molecule has 0 N–H and O–H groups in total.